The smallest absolute Gasteiger partial charge is 0.172 e. The van der Waals surface area contributed by atoms with Gasteiger partial charge in [0.25, 0.3) is 0 Å². The van der Waals surface area contributed by atoms with Gasteiger partial charge < -0.3 is 4.74 Å². The number of Topliss-reactive ketones (excluding diaryl/α,β-unsaturated/α-hetero) is 1. The predicted molar refractivity (Wildman–Crippen MR) is 81.7 cm³/mol. The van der Waals surface area contributed by atoms with Crippen LogP contribution in [0, 0.1) is 6.92 Å². The molecule has 0 amide bonds. The minimum atomic E-state index is -0.0562. The van der Waals surface area contributed by atoms with Crippen molar-refractivity contribution in [2.45, 2.75) is 13.3 Å². The summed E-state index contributed by atoms with van der Waals surface area (Å²) in [4.78, 5) is 12.4. The molecule has 2 rings (SSSR count). The first-order chi connectivity index (χ1) is 9.43. The third-order valence-corrected chi connectivity index (χ3v) is 4.04. The van der Waals surface area contributed by atoms with Gasteiger partial charge in [-0.2, -0.15) is 5.10 Å². The number of hydrogen-bond acceptors (Lipinski definition) is 3. The fourth-order valence-corrected chi connectivity index (χ4v) is 2.58. The molecule has 0 saturated heterocycles. The van der Waals surface area contributed by atoms with Crippen LogP contribution in [0.4, 0.5) is 0 Å². The summed E-state index contributed by atoms with van der Waals surface area (Å²) in [7, 11) is 3.32. The van der Waals surface area contributed by atoms with Crippen LogP contribution in [-0.2, 0) is 13.5 Å². The van der Waals surface area contributed by atoms with Crippen LogP contribution in [-0.4, -0.2) is 22.7 Å². The van der Waals surface area contributed by atoms with Gasteiger partial charge in [0.2, 0.25) is 0 Å². The number of aromatic nitrogens is 2. The summed E-state index contributed by atoms with van der Waals surface area (Å²) in [6.07, 6.45) is 0.189. The van der Waals surface area contributed by atoms with Crippen molar-refractivity contribution in [1.82, 2.24) is 9.78 Å². The lowest BCUT2D eigenvalue weighted by Gasteiger charge is -2.08. The molecule has 0 bridgehead atoms. The van der Waals surface area contributed by atoms with Gasteiger partial charge in [-0.25, -0.2) is 0 Å². The Morgan fingerprint density at radius 1 is 1.50 bits per heavy atom. The molecule has 0 aliphatic carbocycles. The highest BCUT2D eigenvalue weighted by molar-refractivity contribution is 9.10. The van der Waals surface area contributed by atoms with Gasteiger partial charge in [0.15, 0.2) is 5.78 Å². The maximum Gasteiger partial charge on any atom is 0.172 e. The number of methoxy groups -OCH3 is 1. The molecule has 20 heavy (non-hydrogen) atoms. The molecule has 0 radical (unpaired) electrons. The molecule has 6 heteroatoms. The minimum absolute atomic E-state index is 0.0562. The highest BCUT2D eigenvalue weighted by Gasteiger charge is 2.18. The van der Waals surface area contributed by atoms with Crippen molar-refractivity contribution in [2.75, 3.05) is 7.11 Å². The number of ether oxygens (including phenoxy) is 1. The SMILES string of the molecule is COc1cc(Br)ccc1C(=O)Cc1c(Cl)c(C)nn1C. The first kappa shape index (κ1) is 15.1. The van der Waals surface area contributed by atoms with E-state index in [1.807, 2.05) is 13.0 Å². The van der Waals surface area contributed by atoms with E-state index in [2.05, 4.69) is 21.0 Å². The number of benzene rings is 1. The van der Waals surface area contributed by atoms with E-state index in [1.165, 1.54) is 0 Å². The monoisotopic (exact) mass is 356 g/mol. The van der Waals surface area contributed by atoms with Crippen molar-refractivity contribution in [3.05, 3.63) is 44.6 Å². The number of hydrogen-bond donors (Lipinski definition) is 0. The normalized spacial score (nSPS) is 10.7. The highest BCUT2D eigenvalue weighted by atomic mass is 79.9. The second-order valence-electron chi connectivity index (χ2n) is 4.41. The van der Waals surface area contributed by atoms with Gasteiger partial charge in [-0.3, -0.25) is 9.48 Å². The quantitative estimate of drug-likeness (QED) is 0.786. The standard InChI is InChI=1S/C14H14BrClN2O2/c1-8-14(16)11(18(2)17-8)7-12(19)10-5-4-9(15)6-13(10)20-3/h4-6H,7H2,1-3H3. The van der Waals surface area contributed by atoms with Gasteiger partial charge in [-0.05, 0) is 25.1 Å². The first-order valence-electron chi connectivity index (χ1n) is 5.98. The van der Waals surface area contributed by atoms with E-state index in [9.17, 15) is 4.79 Å². The molecule has 106 valence electrons. The number of nitrogens with zero attached hydrogens (tertiary/aromatic N) is 2. The van der Waals surface area contributed by atoms with Gasteiger partial charge in [-0.15, -0.1) is 0 Å². The van der Waals surface area contributed by atoms with Crippen molar-refractivity contribution in [3.8, 4) is 5.75 Å². The van der Waals surface area contributed by atoms with Crippen LogP contribution in [0.15, 0.2) is 22.7 Å². The molecule has 0 atom stereocenters. The number of rotatable bonds is 4. The third-order valence-electron chi connectivity index (χ3n) is 3.05. The summed E-state index contributed by atoms with van der Waals surface area (Å²) < 4.78 is 7.75. The molecule has 2 aromatic rings. The largest absolute Gasteiger partial charge is 0.496 e. The Hall–Kier alpha value is -1.33. The van der Waals surface area contributed by atoms with Gasteiger partial charge in [0, 0.05) is 11.5 Å². The van der Waals surface area contributed by atoms with Gasteiger partial charge in [-0.1, -0.05) is 27.5 Å². The van der Waals surface area contributed by atoms with Gasteiger partial charge in [0.1, 0.15) is 5.75 Å². The molecule has 1 aromatic carbocycles. The molecule has 4 nitrogen and oxygen atoms in total. The molecule has 0 N–H and O–H groups in total. The van der Waals surface area contributed by atoms with Crippen molar-refractivity contribution in [2.24, 2.45) is 7.05 Å². The zero-order chi connectivity index (χ0) is 14.9. The summed E-state index contributed by atoms with van der Waals surface area (Å²) in [5.41, 5.74) is 1.96. The molecule has 0 spiro atoms. The fourth-order valence-electron chi connectivity index (χ4n) is 2.01. The van der Waals surface area contributed by atoms with Crippen molar-refractivity contribution < 1.29 is 9.53 Å². The Morgan fingerprint density at radius 2 is 2.20 bits per heavy atom. The summed E-state index contributed by atoms with van der Waals surface area (Å²) in [6.45, 7) is 1.82. The minimum Gasteiger partial charge on any atom is -0.496 e. The number of carbonyl (C=O) groups is 1. The van der Waals surface area contributed by atoms with Gasteiger partial charge >= 0.3 is 0 Å². The lowest BCUT2D eigenvalue weighted by atomic mass is 10.1. The van der Waals surface area contributed by atoms with E-state index in [0.29, 0.717) is 22.0 Å². The molecule has 0 aliphatic rings. The Morgan fingerprint density at radius 3 is 2.75 bits per heavy atom. The molecule has 1 aromatic heterocycles. The van der Waals surface area contributed by atoms with Crippen molar-refractivity contribution in [1.29, 1.82) is 0 Å². The first-order valence-corrected chi connectivity index (χ1v) is 7.15. The summed E-state index contributed by atoms with van der Waals surface area (Å²) in [5, 5.41) is 4.75. The number of ketones is 1. The lowest BCUT2D eigenvalue weighted by molar-refractivity contribution is 0.0988. The second-order valence-corrected chi connectivity index (χ2v) is 5.71. The van der Waals surface area contributed by atoms with Crippen LogP contribution in [0.25, 0.3) is 0 Å². The summed E-state index contributed by atoms with van der Waals surface area (Å²) >= 11 is 9.52. The molecule has 0 aliphatic heterocycles. The lowest BCUT2D eigenvalue weighted by Crippen LogP contribution is -2.09. The molecular formula is C14H14BrClN2O2. The number of carbonyl (C=O) groups excluding carboxylic acids is 1. The van der Waals surface area contributed by atoms with Crippen LogP contribution in [0.5, 0.6) is 5.75 Å². The zero-order valence-corrected chi connectivity index (χ0v) is 13.7. The number of aryl methyl sites for hydroxylation is 2. The summed E-state index contributed by atoms with van der Waals surface area (Å²) in [5.74, 6) is 0.485. The maximum absolute atomic E-state index is 12.4. The van der Waals surface area contributed by atoms with Crippen molar-refractivity contribution in [3.63, 3.8) is 0 Å². The fraction of sp³-hybridized carbons (Fsp3) is 0.286. The average Bonchev–Trinajstić information content (AvgIpc) is 2.65. The highest BCUT2D eigenvalue weighted by Crippen LogP contribution is 2.26. The van der Waals surface area contributed by atoms with Crippen LogP contribution >= 0.6 is 27.5 Å². The van der Waals surface area contributed by atoms with Gasteiger partial charge in [0.05, 0.1) is 35.5 Å². The van der Waals surface area contributed by atoms with Crippen LogP contribution in [0.3, 0.4) is 0 Å². The van der Waals surface area contributed by atoms with E-state index in [-0.39, 0.29) is 12.2 Å². The van der Waals surface area contributed by atoms with E-state index in [0.717, 1.165) is 10.2 Å². The zero-order valence-electron chi connectivity index (χ0n) is 11.4. The molecular weight excluding hydrogens is 344 g/mol. The Kier molecular flexibility index (Phi) is 4.50. The van der Waals surface area contributed by atoms with Crippen LogP contribution in [0.2, 0.25) is 5.02 Å². The van der Waals surface area contributed by atoms with Crippen molar-refractivity contribution >= 4 is 33.3 Å². The molecule has 0 unspecified atom stereocenters. The topological polar surface area (TPSA) is 44.1 Å². The molecule has 0 fully saturated rings. The summed E-state index contributed by atoms with van der Waals surface area (Å²) in [6, 6.07) is 5.32. The van der Waals surface area contributed by atoms with E-state index < -0.39 is 0 Å². The van der Waals surface area contributed by atoms with E-state index in [1.54, 1.807) is 31.0 Å². The Bertz CT molecular complexity index is 667. The van der Waals surface area contributed by atoms with Crippen LogP contribution < -0.4 is 4.74 Å². The predicted octanol–water partition coefficient (Wildman–Crippen LogP) is 3.58. The molecule has 1 heterocycles. The molecule has 0 saturated carbocycles. The average molecular weight is 358 g/mol. The third kappa shape index (κ3) is 2.88. The van der Waals surface area contributed by atoms with E-state index >= 15 is 0 Å². The Labute approximate surface area is 130 Å². The second kappa shape index (κ2) is 5.97. The van der Waals surface area contributed by atoms with Crippen LogP contribution in [0.1, 0.15) is 21.7 Å². The number of halogens is 2. The Balaban J connectivity index is 2.33. The maximum atomic E-state index is 12.4. The van der Waals surface area contributed by atoms with E-state index in [4.69, 9.17) is 16.3 Å².